The lowest BCUT2D eigenvalue weighted by Gasteiger charge is -2.32. The molecule has 6 heteroatoms. The van der Waals surface area contributed by atoms with Crippen LogP contribution in [0.2, 0.25) is 0 Å². The fourth-order valence-corrected chi connectivity index (χ4v) is 2.07. The summed E-state index contributed by atoms with van der Waals surface area (Å²) in [5, 5.41) is 11.3. The number of likely N-dealkylation sites (N-methyl/N-ethyl adjacent to an activating group) is 1. The minimum atomic E-state index is -0.810. The molecule has 0 spiro atoms. The minimum absolute atomic E-state index is 0.0254. The van der Waals surface area contributed by atoms with Crippen LogP contribution in [-0.4, -0.2) is 60.8 Å². The van der Waals surface area contributed by atoms with E-state index < -0.39 is 5.97 Å². The fraction of sp³-hybridized carbons (Fsp3) is 0.846. The van der Waals surface area contributed by atoms with Gasteiger partial charge in [-0.25, -0.2) is 0 Å². The molecule has 1 atom stereocenters. The third-order valence-corrected chi connectivity index (χ3v) is 3.24. The normalized spacial score (nSPS) is 20.2. The van der Waals surface area contributed by atoms with Gasteiger partial charge in [-0.05, 0) is 19.4 Å². The second kappa shape index (κ2) is 8.87. The van der Waals surface area contributed by atoms with Gasteiger partial charge in [0.1, 0.15) is 0 Å². The first kappa shape index (κ1) is 15.9. The first-order chi connectivity index (χ1) is 9.11. The molecule has 0 aromatic heterocycles. The lowest BCUT2D eigenvalue weighted by atomic mass is 10.2. The lowest BCUT2D eigenvalue weighted by molar-refractivity contribution is -0.137. The highest BCUT2D eigenvalue weighted by molar-refractivity contribution is 5.75. The van der Waals surface area contributed by atoms with Crippen molar-refractivity contribution in [3.8, 4) is 0 Å². The Hall–Kier alpha value is -1.14. The number of unbranched alkanes of at least 4 members (excludes halogenated alkanes) is 1. The highest BCUT2D eigenvalue weighted by Gasteiger charge is 2.19. The van der Waals surface area contributed by atoms with Crippen molar-refractivity contribution < 1.29 is 19.4 Å². The van der Waals surface area contributed by atoms with Gasteiger partial charge in [0.25, 0.3) is 0 Å². The topological polar surface area (TPSA) is 78.9 Å². The van der Waals surface area contributed by atoms with Gasteiger partial charge < -0.3 is 15.2 Å². The van der Waals surface area contributed by atoms with Crippen LogP contribution in [0.15, 0.2) is 0 Å². The molecular formula is C13H24N2O4. The van der Waals surface area contributed by atoms with Crippen LogP contribution in [0, 0.1) is 0 Å². The minimum Gasteiger partial charge on any atom is -0.481 e. The van der Waals surface area contributed by atoms with Crippen molar-refractivity contribution >= 4 is 11.9 Å². The van der Waals surface area contributed by atoms with E-state index in [2.05, 4.69) is 17.1 Å². The van der Waals surface area contributed by atoms with Crippen molar-refractivity contribution in [1.29, 1.82) is 0 Å². The van der Waals surface area contributed by atoms with Gasteiger partial charge in [0.2, 0.25) is 5.91 Å². The van der Waals surface area contributed by atoms with Crippen molar-refractivity contribution in [3.05, 3.63) is 0 Å². The quantitative estimate of drug-likeness (QED) is 0.628. The highest BCUT2D eigenvalue weighted by atomic mass is 16.5. The number of carboxylic acids is 1. The summed E-state index contributed by atoms with van der Waals surface area (Å²) in [5.74, 6) is -0.835. The number of amides is 1. The predicted octanol–water partition coefficient (Wildman–Crippen LogP) is 0.468. The largest absolute Gasteiger partial charge is 0.481 e. The van der Waals surface area contributed by atoms with Crippen LogP contribution >= 0.6 is 0 Å². The van der Waals surface area contributed by atoms with Crippen molar-refractivity contribution in [1.82, 2.24) is 10.2 Å². The van der Waals surface area contributed by atoms with Crippen LogP contribution in [0.25, 0.3) is 0 Å². The molecule has 1 aliphatic heterocycles. The van der Waals surface area contributed by atoms with Crippen LogP contribution < -0.4 is 5.32 Å². The summed E-state index contributed by atoms with van der Waals surface area (Å²) >= 11 is 0. The van der Waals surface area contributed by atoms with E-state index in [-0.39, 0.29) is 18.4 Å². The van der Waals surface area contributed by atoms with Gasteiger partial charge >= 0.3 is 5.97 Å². The molecule has 0 aliphatic carbocycles. The summed E-state index contributed by atoms with van der Waals surface area (Å²) in [6.07, 6.45) is 1.75. The van der Waals surface area contributed by atoms with Gasteiger partial charge in [-0.15, -0.1) is 0 Å². The molecule has 6 nitrogen and oxygen atoms in total. The number of ether oxygens (including phenoxy) is 1. The van der Waals surface area contributed by atoms with Crippen LogP contribution in [0.3, 0.4) is 0 Å². The molecular weight excluding hydrogens is 248 g/mol. The summed E-state index contributed by atoms with van der Waals surface area (Å²) in [7, 11) is 0. The van der Waals surface area contributed by atoms with Gasteiger partial charge in [0.05, 0.1) is 12.7 Å². The van der Waals surface area contributed by atoms with E-state index >= 15 is 0 Å². The summed E-state index contributed by atoms with van der Waals surface area (Å²) in [6, 6.07) is 0. The summed E-state index contributed by atoms with van der Waals surface area (Å²) in [6.45, 7) is 6.18. The van der Waals surface area contributed by atoms with Gasteiger partial charge in [0, 0.05) is 32.5 Å². The Morgan fingerprint density at radius 3 is 2.79 bits per heavy atom. The molecule has 0 aromatic carbocycles. The van der Waals surface area contributed by atoms with E-state index in [1.165, 1.54) is 0 Å². The van der Waals surface area contributed by atoms with Gasteiger partial charge in [0.15, 0.2) is 0 Å². The molecule has 19 heavy (non-hydrogen) atoms. The molecule has 0 aromatic rings. The first-order valence-electron chi connectivity index (χ1n) is 6.94. The van der Waals surface area contributed by atoms with E-state index in [1.54, 1.807) is 0 Å². The Balaban J connectivity index is 2.07. The maximum Gasteiger partial charge on any atom is 0.303 e. The highest BCUT2D eigenvalue weighted by Crippen LogP contribution is 2.04. The van der Waals surface area contributed by atoms with Crippen molar-refractivity contribution in [2.24, 2.45) is 0 Å². The number of morpholine rings is 1. The molecule has 1 rings (SSSR count). The van der Waals surface area contributed by atoms with E-state index in [0.29, 0.717) is 32.4 Å². The van der Waals surface area contributed by atoms with Crippen molar-refractivity contribution in [2.75, 3.05) is 32.8 Å². The Kier molecular flexibility index (Phi) is 7.43. The van der Waals surface area contributed by atoms with E-state index in [9.17, 15) is 9.59 Å². The van der Waals surface area contributed by atoms with E-state index in [0.717, 1.165) is 19.6 Å². The molecule has 1 unspecified atom stereocenters. The number of nitrogens with zero attached hydrogens (tertiary/aromatic N) is 1. The Morgan fingerprint density at radius 1 is 1.37 bits per heavy atom. The van der Waals surface area contributed by atoms with Crippen LogP contribution in [-0.2, 0) is 14.3 Å². The molecule has 1 aliphatic rings. The SMILES string of the molecule is CCN1CCOC(CNC(=O)CCCCC(=O)O)C1. The first-order valence-corrected chi connectivity index (χ1v) is 6.94. The van der Waals surface area contributed by atoms with E-state index in [4.69, 9.17) is 9.84 Å². The summed E-state index contributed by atoms with van der Waals surface area (Å²) in [4.78, 5) is 24.2. The average Bonchev–Trinajstić information content (AvgIpc) is 2.41. The third kappa shape index (κ3) is 7.12. The zero-order valence-electron chi connectivity index (χ0n) is 11.6. The van der Waals surface area contributed by atoms with E-state index in [1.807, 2.05) is 0 Å². The van der Waals surface area contributed by atoms with Gasteiger partial charge in [-0.1, -0.05) is 6.92 Å². The predicted molar refractivity (Wildman–Crippen MR) is 71.0 cm³/mol. The van der Waals surface area contributed by atoms with Crippen molar-refractivity contribution in [3.63, 3.8) is 0 Å². The third-order valence-electron chi connectivity index (χ3n) is 3.24. The zero-order chi connectivity index (χ0) is 14.1. The van der Waals surface area contributed by atoms with Crippen molar-refractivity contribution in [2.45, 2.75) is 38.7 Å². The maximum atomic E-state index is 11.6. The maximum absolute atomic E-state index is 11.6. The molecule has 1 saturated heterocycles. The lowest BCUT2D eigenvalue weighted by Crippen LogP contribution is -2.47. The molecule has 0 radical (unpaired) electrons. The standard InChI is InChI=1S/C13H24N2O4/c1-2-15-7-8-19-11(10-15)9-14-12(16)5-3-4-6-13(17)18/h11H,2-10H2,1H3,(H,14,16)(H,17,18). The number of carbonyl (C=O) groups is 2. The molecule has 0 saturated carbocycles. The number of hydrogen-bond acceptors (Lipinski definition) is 4. The number of aliphatic carboxylic acids is 1. The molecule has 1 heterocycles. The molecule has 1 amide bonds. The summed E-state index contributed by atoms with van der Waals surface area (Å²) < 4.78 is 5.58. The average molecular weight is 272 g/mol. The zero-order valence-corrected chi connectivity index (χ0v) is 11.6. The van der Waals surface area contributed by atoms with Crippen LogP contribution in [0.4, 0.5) is 0 Å². The van der Waals surface area contributed by atoms with Crippen LogP contribution in [0.5, 0.6) is 0 Å². The number of rotatable bonds is 8. The Labute approximate surface area is 114 Å². The number of carboxylic acid groups (broad SMARTS) is 1. The van der Waals surface area contributed by atoms with Gasteiger partial charge in [-0.2, -0.15) is 0 Å². The Bertz CT molecular complexity index is 296. The van der Waals surface area contributed by atoms with Crippen LogP contribution in [0.1, 0.15) is 32.6 Å². The molecule has 110 valence electrons. The fourth-order valence-electron chi connectivity index (χ4n) is 2.07. The van der Waals surface area contributed by atoms with Gasteiger partial charge in [-0.3, -0.25) is 14.5 Å². The second-order valence-corrected chi connectivity index (χ2v) is 4.79. The monoisotopic (exact) mass is 272 g/mol. The molecule has 2 N–H and O–H groups in total. The second-order valence-electron chi connectivity index (χ2n) is 4.79. The molecule has 0 bridgehead atoms. The number of hydrogen-bond donors (Lipinski definition) is 2. The summed E-state index contributed by atoms with van der Waals surface area (Å²) in [5.41, 5.74) is 0. The molecule has 1 fully saturated rings. The Morgan fingerprint density at radius 2 is 2.11 bits per heavy atom. The number of carbonyl (C=O) groups excluding carboxylic acids is 1. The smallest absolute Gasteiger partial charge is 0.303 e. The number of nitrogens with one attached hydrogen (secondary N) is 1.